The van der Waals surface area contributed by atoms with Gasteiger partial charge in [-0.1, -0.05) is 24.8 Å². The maximum Gasteiger partial charge on any atom is 0.119 e. The first-order valence-corrected chi connectivity index (χ1v) is 4.89. The molecule has 2 heteroatoms. The van der Waals surface area contributed by atoms with Crippen LogP contribution >= 0.6 is 0 Å². The lowest BCUT2D eigenvalue weighted by Crippen LogP contribution is -2.03. The van der Waals surface area contributed by atoms with Crippen LogP contribution in [0.1, 0.15) is 18.1 Å². The van der Waals surface area contributed by atoms with Crippen molar-refractivity contribution in [2.24, 2.45) is 5.73 Å². The van der Waals surface area contributed by atoms with Crippen molar-refractivity contribution in [1.82, 2.24) is 0 Å². The number of hydrogen-bond acceptors (Lipinski definition) is 2. The molecule has 0 bridgehead atoms. The summed E-state index contributed by atoms with van der Waals surface area (Å²) in [6.07, 6.45) is 0.896. The molecule has 0 aliphatic carbocycles. The fourth-order valence-corrected chi connectivity index (χ4v) is 1.32. The Morgan fingerprint density at radius 2 is 2.29 bits per heavy atom. The second kappa shape index (κ2) is 5.45. The molecule has 0 amide bonds. The van der Waals surface area contributed by atoms with E-state index in [4.69, 9.17) is 10.5 Å². The van der Waals surface area contributed by atoms with E-state index < -0.39 is 0 Å². The number of ether oxygens (including phenoxy) is 1. The Kier molecular flexibility index (Phi) is 4.20. The first-order valence-electron chi connectivity index (χ1n) is 4.89. The molecule has 1 rings (SSSR count). The van der Waals surface area contributed by atoms with Crippen molar-refractivity contribution < 1.29 is 4.74 Å². The van der Waals surface area contributed by atoms with Crippen LogP contribution in [0.25, 0.3) is 5.76 Å². The summed E-state index contributed by atoms with van der Waals surface area (Å²) in [5.41, 5.74) is 7.76. The summed E-state index contributed by atoms with van der Waals surface area (Å²) in [4.78, 5) is 0. The Morgan fingerprint density at radius 1 is 1.50 bits per heavy atom. The highest BCUT2D eigenvalue weighted by molar-refractivity contribution is 5.58. The molecule has 2 N–H and O–H groups in total. The molecule has 14 heavy (non-hydrogen) atoms. The minimum absolute atomic E-state index is 0.653. The highest BCUT2D eigenvalue weighted by Gasteiger charge is 1.99. The summed E-state index contributed by atoms with van der Waals surface area (Å²) in [5, 5.41) is 0. The maximum absolute atomic E-state index is 5.49. The standard InChI is InChI=1S/C12H17NO/c1-3-14-10(2)12-6-4-5-11(9-12)7-8-13/h4-6,9H,2-3,7-8,13H2,1H3. The number of hydrogen-bond donors (Lipinski definition) is 1. The van der Waals surface area contributed by atoms with E-state index >= 15 is 0 Å². The third kappa shape index (κ3) is 2.89. The maximum atomic E-state index is 5.49. The zero-order valence-electron chi connectivity index (χ0n) is 8.62. The monoisotopic (exact) mass is 191 g/mol. The first-order chi connectivity index (χ1) is 6.77. The van der Waals surface area contributed by atoms with E-state index in [2.05, 4.69) is 18.7 Å². The van der Waals surface area contributed by atoms with E-state index in [1.807, 2.05) is 19.1 Å². The van der Waals surface area contributed by atoms with Crippen molar-refractivity contribution in [3.63, 3.8) is 0 Å². The average molecular weight is 191 g/mol. The second-order valence-corrected chi connectivity index (χ2v) is 3.10. The molecule has 0 saturated carbocycles. The molecule has 0 saturated heterocycles. The van der Waals surface area contributed by atoms with E-state index in [1.54, 1.807) is 0 Å². The van der Waals surface area contributed by atoms with Crippen molar-refractivity contribution >= 4 is 5.76 Å². The molecule has 0 aliphatic heterocycles. The van der Waals surface area contributed by atoms with Crippen LogP contribution < -0.4 is 5.73 Å². The van der Waals surface area contributed by atoms with Crippen LogP contribution in [0.4, 0.5) is 0 Å². The molecule has 0 aromatic heterocycles. The van der Waals surface area contributed by atoms with Gasteiger partial charge in [0.05, 0.1) is 6.61 Å². The molecular formula is C12H17NO. The minimum atomic E-state index is 0.653. The van der Waals surface area contributed by atoms with Gasteiger partial charge >= 0.3 is 0 Å². The lowest BCUT2D eigenvalue weighted by Gasteiger charge is -2.08. The lowest BCUT2D eigenvalue weighted by atomic mass is 10.1. The SMILES string of the molecule is C=C(OCC)c1cccc(CCN)c1. The lowest BCUT2D eigenvalue weighted by molar-refractivity contribution is 0.299. The molecule has 0 atom stereocenters. The Balaban J connectivity index is 2.77. The summed E-state index contributed by atoms with van der Waals surface area (Å²) in [5.74, 6) is 0.728. The largest absolute Gasteiger partial charge is 0.494 e. The quantitative estimate of drug-likeness (QED) is 0.724. The molecule has 76 valence electrons. The zero-order valence-corrected chi connectivity index (χ0v) is 8.62. The van der Waals surface area contributed by atoms with Crippen LogP contribution in [-0.4, -0.2) is 13.2 Å². The Bertz CT molecular complexity index is 307. The summed E-state index contributed by atoms with van der Waals surface area (Å²) in [7, 11) is 0. The van der Waals surface area contributed by atoms with E-state index in [-0.39, 0.29) is 0 Å². The van der Waals surface area contributed by atoms with Gasteiger partial charge in [-0.15, -0.1) is 0 Å². The Morgan fingerprint density at radius 3 is 2.93 bits per heavy atom. The second-order valence-electron chi connectivity index (χ2n) is 3.10. The third-order valence-electron chi connectivity index (χ3n) is 2.00. The zero-order chi connectivity index (χ0) is 10.4. The van der Waals surface area contributed by atoms with Crippen LogP contribution in [0.5, 0.6) is 0 Å². The van der Waals surface area contributed by atoms with Crippen molar-refractivity contribution in [3.05, 3.63) is 42.0 Å². The number of benzene rings is 1. The molecule has 2 nitrogen and oxygen atoms in total. The molecule has 1 aromatic carbocycles. The van der Waals surface area contributed by atoms with Crippen LogP contribution in [0.15, 0.2) is 30.8 Å². The Labute approximate surface area is 85.4 Å². The molecule has 0 aliphatic rings. The van der Waals surface area contributed by atoms with Gasteiger partial charge in [-0.2, -0.15) is 0 Å². The molecule has 0 radical (unpaired) electrons. The average Bonchev–Trinajstić information content (AvgIpc) is 2.19. The van der Waals surface area contributed by atoms with Crippen molar-refractivity contribution in [3.8, 4) is 0 Å². The fraction of sp³-hybridized carbons (Fsp3) is 0.333. The van der Waals surface area contributed by atoms with Gasteiger partial charge in [0.15, 0.2) is 0 Å². The van der Waals surface area contributed by atoms with Gasteiger partial charge in [-0.25, -0.2) is 0 Å². The van der Waals surface area contributed by atoms with Crippen LogP contribution in [0.2, 0.25) is 0 Å². The van der Waals surface area contributed by atoms with Crippen molar-refractivity contribution in [1.29, 1.82) is 0 Å². The van der Waals surface area contributed by atoms with Crippen LogP contribution in [-0.2, 0) is 11.2 Å². The van der Waals surface area contributed by atoms with Gasteiger partial charge in [0.1, 0.15) is 5.76 Å². The predicted octanol–water partition coefficient (Wildman–Crippen LogP) is 2.20. The fourth-order valence-electron chi connectivity index (χ4n) is 1.32. The first kappa shape index (κ1) is 10.8. The van der Waals surface area contributed by atoms with Gasteiger partial charge in [-0.3, -0.25) is 0 Å². The predicted molar refractivity (Wildman–Crippen MR) is 59.9 cm³/mol. The van der Waals surface area contributed by atoms with Gasteiger partial charge in [-0.05, 0) is 31.5 Å². The van der Waals surface area contributed by atoms with Crippen LogP contribution in [0, 0.1) is 0 Å². The smallest absolute Gasteiger partial charge is 0.119 e. The topological polar surface area (TPSA) is 35.2 Å². The summed E-state index contributed by atoms with van der Waals surface area (Å²) in [6, 6.07) is 8.14. The summed E-state index contributed by atoms with van der Waals surface area (Å²) in [6.45, 7) is 7.14. The van der Waals surface area contributed by atoms with E-state index in [0.717, 1.165) is 17.7 Å². The normalized spacial score (nSPS) is 9.86. The molecular weight excluding hydrogens is 174 g/mol. The summed E-state index contributed by atoms with van der Waals surface area (Å²) >= 11 is 0. The van der Waals surface area contributed by atoms with Gasteiger partial charge in [0.25, 0.3) is 0 Å². The van der Waals surface area contributed by atoms with E-state index in [9.17, 15) is 0 Å². The van der Waals surface area contributed by atoms with Crippen molar-refractivity contribution in [2.75, 3.05) is 13.2 Å². The third-order valence-corrected chi connectivity index (χ3v) is 2.00. The van der Waals surface area contributed by atoms with Gasteiger partial charge in [0, 0.05) is 5.56 Å². The summed E-state index contributed by atoms with van der Waals surface area (Å²) < 4.78 is 5.34. The Hall–Kier alpha value is -1.28. The highest BCUT2D eigenvalue weighted by atomic mass is 16.5. The molecule has 0 fully saturated rings. The van der Waals surface area contributed by atoms with E-state index in [1.165, 1.54) is 5.56 Å². The molecule has 0 spiro atoms. The molecule has 1 aromatic rings. The highest BCUT2D eigenvalue weighted by Crippen LogP contribution is 2.15. The molecule has 0 heterocycles. The van der Waals surface area contributed by atoms with Gasteiger partial charge < -0.3 is 10.5 Å². The van der Waals surface area contributed by atoms with E-state index in [0.29, 0.717) is 13.2 Å². The van der Waals surface area contributed by atoms with Gasteiger partial charge in [0.2, 0.25) is 0 Å². The van der Waals surface area contributed by atoms with Crippen LogP contribution in [0.3, 0.4) is 0 Å². The molecule has 0 unspecified atom stereocenters. The van der Waals surface area contributed by atoms with Crippen molar-refractivity contribution in [2.45, 2.75) is 13.3 Å². The number of rotatable bonds is 5. The minimum Gasteiger partial charge on any atom is -0.494 e. The number of nitrogens with two attached hydrogens (primary N) is 1.